The van der Waals surface area contributed by atoms with Crippen molar-refractivity contribution in [1.82, 2.24) is 4.90 Å². The fraction of sp³-hybridized carbons (Fsp3) is 0.667. The summed E-state index contributed by atoms with van der Waals surface area (Å²) in [6.07, 6.45) is 4.75. The molecule has 0 bridgehead atoms. The molecule has 3 rings (SSSR count). The van der Waals surface area contributed by atoms with Gasteiger partial charge in [0.05, 0.1) is 13.2 Å². The van der Waals surface area contributed by atoms with E-state index >= 15 is 0 Å². The van der Waals surface area contributed by atoms with Crippen LogP contribution in [0.15, 0.2) is 24.3 Å². The van der Waals surface area contributed by atoms with E-state index in [1.807, 2.05) is 17.0 Å². The van der Waals surface area contributed by atoms with Gasteiger partial charge in [-0.25, -0.2) is 0 Å². The molecule has 0 aromatic heterocycles. The fourth-order valence-corrected chi connectivity index (χ4v) is 4.33. The van der Waals surface area contributed by atoms with Crippen LogP contribution >= 0.6 is 0 Å². The third-order valence-electron chi connectivity index (χ3n) is 5.87. The van der Waals surface area contributed by atoms with Gasteiger partial charge in [0.2, 0.25) is 5.91 Å². The summed E-state index contributed by atoms with van der Waals surface area (Å²) in [6, 6.07) is 8.20. The molecule has 0 saturated carbocycles. The summed E-state index contributed by atoms with van der Waals surface area (Å²) in [7, 11) is 1.72. The van der Waals surface area contributed by atoms with Crippen molar-refractivity contribution < 1.29 is 14.3 Å². The highest BCUT2D eigenvalue weighted by molar-refractivity contribution is 5.78. The number of carbonyl (C=O) groups excluding carboxylic acids is 1. The summed E-state index contributed by atoms with van der Waals surface area (Å²) in [5.41, 5.74) is 0.971. The molecule has 2 fully saturated rings. The van der Waals surface area contributed by atoms with Crippen LogP contribution in [0.2, 0.25) is 0 Å². The van der Waals surface area contributed by atoms with Gasteiger partial charge in [-0.05, 0) is 37.7 Å². The first-order chi connectivity index (χ1) is 12.1. The molecule has 2 atom stereocenters. The van der Waals surface area contributed by atoms with Crippen LogP contribution in [0.3, 0.4) is 0 Å². The van der Waals surface area contributed by atoms with Crippen molar-refractivity contribution in [3.8, 4) is 5.75 Å². The van der Waals surface area contributed by atoms with Crippen molar-refractivity contribution in [3.63, 3.8) is 0 Å². The minimum Gasteiger partial charge on any atom is -0.496 e. The molecule has 1 amide bonds. The Morgan fingerprint density at radius 2 is 2.04 bits per heavy atom. The summed E-state index contributed by atoms with van der Waals surface area (Å²) < 4.78 is 11.7. The molecule has 1 aromatic carbocycles. The van der Waals surface area contributed by atoms with Crippen LogP contribution in [0.25, 0.3) is 0 Å². The molecular formula is C21H31NO3. The second kappa shape index (κ2) is 7.77. The number of likely N-dealkylation sites (tertiary alicyclic amines) is 1. The Morgan fingerprint density at radius 3 is 2.72 bits per heavy atom. The number of amides is 1. The average molecular weight is 345 g/mol. The van der Waals surface area contributed by atoms with Crippen LogP contribution in [-0.2, 0) is 14.9 Å². The molecular weight excluding hydrogens is 314 g/mol. The van der Waals surface area contributed by atoms with Crippen LogP contribution in [0.1, 0.15) is 51.5 Å². The molecule has 0 N–H and O–H groups in total. The first-order valence-electron chi connectivity index (χ1n) is 9.58. The van der Waals surface area contributed by atoms with Gasteiger partial charge < -0.3 is 14.4 Å². The maximum absolute atomic E-state index is 13.0. The topological polar surface area (TPSA) is 38.8 Å². The second-order valence-corrected chi connectivity index (χ2v) is 7.85. The molecule has 1 aromatic rings. The lowest BCUT2D eigenvalue weighted by Gasteiger charge is -2.43. The van der Waals surface area contributed by atoms with Crippen molar-refractivity contribution in [2.24, 2.45) is 5.92 Å². The third kappa shape index (κ3) is 3.84. The standard InChI is InChI=1S/C21H31NO3/c1-16(2)19-14-21(10-13-25-19,15-20(23)22-11-6-7-12-22)17-8-4-5-9-18(17)24-3/h4-5,8-9,16,19H,6-7,10-15H2,1-3H3/t19-,21-/m0/s1. The minimum absolute atomic E-state index is 0.185. The number of hydrogen-bond donors (Lipinski definition) is 0. The van der Waals surface area contributed by atoms with Gasteiger partial charge in [0.15, 0.2) is 0 Å². The van der Waals surface area contributed by atoms with Crippen molar-refractivity contribution >= 4 is 5.91 Å². The molecule has 0 aliphatic carbocycles. The Labute approximate surface area is 151 Å². The van der Waals surface area contributed by atoms with Gasteiger partial charge in [0, 0.05) is 37.1 Å². The van der Waals surface area contributed by atoms with Gasteiger partial charge in [-0.3, -0.25) is 4.79 Å². The zero-order valence-electron chi connectivity index (χ0n) is 15.8. The molecule has 138 valence electrons. The van der Waals surface area contributed by atoms with Crippen LogP contribution in [-0.4, -0.2) is 43.7 Å². The minimum atomic E-state index is -0.195. The van der Waals surface area contributed by atoms with Crippen molar-refractivity contribution in [1.29, 1.82) is 0 Å². The van der Waals surface area contributed by atoms with E-state index in [9.17, 15) is 4.79 Å². The van der Waals surface area contributed by atoms with E-state index in [0.717, 1.165) is 44.5 Å². The summed E-state index contributed by atoms with van der Waals surface area (Å²) in [5.74, 6) is 1.62. The number of carbonyl (C=O) groups is 1. The molecule has 4 nitrogen and oxygen atoms in total. The molecule has 25 heavy (non-hydrogen) atoms. The van der Waals surface area contributed by atoms with Crippen molar-refractivity contribution in [2.45, 2.75) is 57.5 Å². The number of para-hydroxylation sites is 1. The number of hydrogen-bond acceptors (Lipinski definition) is 3. The first-order valence-corrected chi connectivity index (χ1v) is 9.58. The Morgan fingerprint density at radius 1 is 1.32 bits per heavy atom. The van der Waals surface area contributed by atoms with Crippen LogP contribution in [0.4, 0.5) is 0 Å². The predicted octanol–water partition coefficient (Wildman–Crippen LogP) is 3.78. The summed E-state index contributed by atoms with van der Waals surface area (Å²) >= 11 is 0. The Balaban J connectivity index is 1.94. The zero-order valence-corrected chi connectivity index (χ0v) is 15.8. The molecule has 0 spiro atoms. The SMILES string of the molecule is COc1ccccc1[C@@]1(CC(=O)N2CCCC2)CCO[C@H](C(C)C)C1. The maximum atomic E-state index is 13.0. The summed E-state index contributed by atoms with van der Waals surface area (Å²) in [4.78, 5) is 15.1. The van der Waals surface area contributed by atoms with Crippen LogP contribution < -0.4 is 4.74 Å². The number of benzene rings is 1. The fourth-order valence-electron chi connectivity index (χ4n) is 4.33. The number of ether oxygens (including phenoxy) is 2. The molecule has 2 saturated heterocycles. The smallest absolute Gasteiger partial charge is 0.223 e. The van der Waals surface area contributed by atoms with Gasteiger partial charge in [0.25, 0.3) is 0 Å². The Hall–Kier alpha value is -1.55. The van der Waals surface area contributed by atoms with Gasteiger partial charge in [0.1, 0.15) is 5.75 Å². The van der Waals surface area contributed by atoms with E-state index in [0.29, 0.717) is 18.9 Å². The van der Waals surface area contributed by atoms with E-state index in [2.05, 4.69) is 26.0 Å². The van der Waals surface area contributed by atoms with E-state index in [-0.39, 0.29) is 17.4 Å². The van der Waals surface area contributed by atoms with Crippen molar-refractivity contribution in [3.05, 3.63) is 29.8 Å². The van der Waals surface area contributed by atoms with Gasteiger partial charge in [-0.1, -0.05) is 32.0 Å². The number of nitrogens with zero attached hydrogens (tertiary/aromatic N) is 1. The van der Waals surface area contributed by atoms with Crippen LogP contribution in [0, 0.1) is 5.92 Å². The molecule has 0 radical (unpaired) electrons. The molecule has 4 heteroatoms. The first kappa shape index (κ1) is 18.2. The molecule has 2 aliphatic heterocycles. The lowest BCUT2D eigenvalue weighted by Crippen LogP contribution is -2.44. The Bertz CT molecular complexity index is 595. The highest BCUT2D eigenvalue weighted by Crippen LogP contribution is 2.45. The largest absolute Gasteiger partial charge is 0.496 e. The Kier molecular flexibility index (Phi) is 5.67. The van der Waals surface area contributed by atoms with Gasteiger partial charge >= 0.3 is 0 Å². The highest BCUT2D eigenvalue weighted by atomic mass is 16.5. The maximum Gasteiger partial charge on any atom is 0.223 e. The van der Waals surface area contributed by atoms with E-state index in [4.69, 9.17) is 9.47 Å². The van der Waals surface area contributed by atoms with E-state index in [1.165, 1.54) is 5.56 Å². The van der Waals surface area contributed by atoms with Gasteiger partial charge in [-0.2, -0.15) is 0 Å². The summed E-state index contributed by atoms with van der Waals surface area (Å²) in [6.45, 7) is 6.92. The van der Waals surface area contributed by atoms with E-state index in [1.54, 1.807) is 7.11 Å². The number of rotatable bonds is 5. The van der Waals surface area contributed by atoms with Gasteiger partial charge in [-0.15, -0.1) is 0 Å². The quantitative estimate of drug-likeness (QED) is 0.815. The monoisotopic (exact) mass is 345 g/mol. The number of methoxy groups -OCH3 is 1. The van der Waals surface area contributed by atoms with Crippen molar-refractivity contribution in [2.75, 3.05) is 26.8 Å². The lowest BCUT2D eigenvalue weighted by atomic mass is 9.68. The molecule has 0 unspecified atom stereocenters. The average Bonchev–Trinajstić information content (AvgIpc) is 3.16. The second-order valence-electron chi connectivity index (χ2n) is 7.85. The third-order valence-corrected chi connectivity index (χ3v) is 5.87. The summed E-state index contributed by atoms with van der Waals surface area (Å²) in [5, 5.41) is 0. The predicted molar refractivity (Wildman–Crippen MR) is 98.9 cm³/mol. The molecule has 2 heterocycles. The van der Waals surface area contributed by atoms with E-state index < -0.39 is 0 Å². The lowest BCUT2D eigenvalue weighted by molar-refractivity contribution is -0.133. The van der Waals surface area contributed by atoms with Crippen LogP contribution in [0.5, 0.6) is 5.75 Å². The molecule has 2 aliphatic rings. The highest BCUT2D eigenvalue weighted by Gasteiger charge is 2.43. The normalized spacial score (nSPS) is 26.9. The zero-order chi connectivity index (χ0) is 17.9.